The first-order valence-electron chi connectivity index (χ1n) is 5.03. The third-order valence-electron chi connectivity index (χ3n) is 2.36. The molecule has 0 radical (unpaired) electrons. The van der Waals surface area contributed by atoms with Gasteiger partial charge in [0.2, 0.25) is 0 Å². The van der Waals surface area contributed by atoms with Crippen molar-refractivity contribution in [3.8, 4) is 0 Å². The van der Waals surface area contributed by atoms with Gasteiger partial charge in [-0.25, -0.2) is 0 Å². The Labute approximate surface area is 119 Å². The van der Waals surface area contributed by atoms with Crippen molar-refractivity contribution in [3.05, 3.63) is 62.6 Å². The predicted molar refractivity (Wildman–Crippen MR) is 75.8 cm³/mol. The van der Waals surface area contributed by atoms with Crippen LogP contribution in [-0.4, -0.2) is 5.78 Å². The minimum atomic E-state index is -0.206. The lowest BCUT2D eigenvalue weighted by Gasteiger charge is -2.05. The molecule has 0 aliphatic carbocycles. The summed E-state index contributed by atoms with van der Waals surface area (Å²) in [5.41, 5.74) is 6.93. The van der Waals surface area contributed by atoms with E-state index in [9.17, 15) is 4.79 Å². The van der Waals surface area contributed by atoms with E-state index in [4.69, 9.17) is 40.5 Å². The maximum atomic E-state index is 12.2. The number of anilines is 1. The van der Waals surface area contributed by atoms with Crippen LogP contribution in [0.5, 0.6) is 0 Å². The normalized spacial score (nSPS) is 10.4. The van der Waals surface area contributed by atoms with Crippen LogP contribution in [0.25, 0.3) is 0 Å². The molecule has 0 saturated carbocycles. The number of ketones is 1. The Balaban J connectivity index is 2.44. The van der Waals surface area contributed by atoms with E-state index in [1.807, 2.05) is 0 Å². The highest BCUT2D eigenvalue weighted by Crippen LogP contribution is 2.25. The number of hydrogen-bond acceptors (Lipinski definition) is 2. The molecule has 0 bridgehead atoms. The second-order valence-corrected chi connectivity index (χ2v) is 4.98. The maximum absolute atomic E-state index is 12.2. The Morgan fingerprint density at radius 1 is 0.889 bits per heavy atom. The van der Waals surface area contributed by atoms with Gasteiger partial charge in [0.25, 0.3) is 0 Å². The lowest BCUT2D eigenvalue weighted by molar-refractivity contribution is 0.103. The van der Waals surface area contributed by atoms with Gasteiger partial charge in [-0.1, -0.05) is 34.8 Å². The molecule has 0 aliphatic rings. The van der Waals surface area contributed by atoms with E-state index in [1.54, 1.807) is 30.3 Å². The summed E-state index contributed by atoms with van der Waals surface area (Å²) in [5.74, 6) is -0.206. The number of nitrogens with two attached hydrogens (primary N) is 1. The van der Waals surface area contributed by atoms with Crippen LogP contribution in [0.15, 0.2) is 36.4 Å². The topological polar surface area (TPSA) is 43.1 Å². The van der Waals surface area contributed by atoms with E-state index in [1.165, 1.54) is 6.07 Å². The van der Waals surface area contributed by atoms with Crippen molar-refractivity contribution < 1.29 is 4.79 Å². The van der Waals surface area contributed by atoms with Crippen LogP contribution < -0.4 is 5.73 Å². The highest BCUT2D eigenvalue weighted by Gasteiger charge is 2.12. The summed E-state index contributed by atoms with van der Waals surface area (Å²) in [7, 11) is 0. The number of carbonyl (C=O) groups is 1. The Bertz CT molecular complexity index is 605. The standard InChI is InChI=1S/C13H8Cl3NO/c14-9-3-8(4-10(17)6-9)13(18)7-1-2-11(15)12(16)5-7/h1-6H,17H2. The van der Waals surface area contributed by atoms with Crippen LogP contribution in [-0.2, 0) is 0 Å². The number of rotatable bonds is 2. The van der Waals surface area contributed by atoms with Gasteiger partial charge < -0.3 is 5.73 Å². The lowest BCUT2D eigenvalue weighted by Crippen LogP contribution is -2.02. The van der Waals surface area contributed by atoms with Gasteiger partial charge in [0.15, 0.2) is 5.78 Å². The molecule has 5 heteroatoms. The Morgan fingerprint density at radius 3 is 2.22 bits per heavy atom. The van der Waals surface area contributed by atoms with Crippen molar-refractivity contribution in [2.45, 2.75) is 0 Å². The van der Waals surface area contributed by atoms with Crippen LogP contribution in [0.2, 0.25) is 15.1 Å². The highest BCUT2D eigenvalue weighted by molar-refractivity contribution is 6.42. The van der Waals surface area contributed by atoms with Crippen molar-refractivity contribution >= 4 is 46.3 Å². The number of carbonyl (C=O) groups excluding carboxylic acids is 1. The molecule has 2 nitrogen and oxygen atoms in total. The van der Waals surface area contributed by atoms with Gasteiger partial charge in [-0.2, -0.15) is 0 Å². The van der Waals surface area contributed by atoms with Gasteiger partial charge in [-0.15, -0.1) is 0 Å². The van der Waals surface area contributed by atoms with Gasteiger partial charge in [-0.05, 0) is 36.4 Å². The SMILES string of the molecule is Nc1cc(Cl)cc(C(=O)c2ccc(Cl)c(Cl)c2)c1. The fourth-order valence-electron chi connectivity index (χ4n) is 1.55. The highest BCUT2D eigenvalue weighted by atomic mass is 35.5. The molecule has 2 aromatic carbocycles. The summed E-state index contributed by atoms with van der Waals surface area (Å²) in [4.78, 5) is 12.2. The number of hydrogen-bond donors (Lipinski definition) is 1. The molecule has 2 N–H and O–H groups in total. The molecule has 0 atom stereocenters. The third kappa shape index (κ3) is 2.78. The molecule has 0 fully saturated rings. The molecule has 2 rings (SSSR count). The summed E-state index contributed by atoms with van der Waals surface area (Å²) in [5, 5.41) is 1.15. The molecule has 0 spiro atoms. The molecule has 2 aromatic rings. The Hall–Kier alpha value is -1.22. The van der Waals surface area contributed by atoms with Crippen LogP contribution in [0.4, 0.5) is 5.69 Å². The zero-order valence-electron chi connectivity index (χ0n) is 9.08. The van der Waals surface area contributed by atoms with Crippen molar-refractivity contribution in [2.24, 2.45) is 0 Å². The second kappa shape index (κ2) is 5.19. The van der Waals surface area contributed by atoms with Crippen molar-refractivity contribution in [3.63, 3.8) is 0 Å². The molecular formula is C13H8Cl3NO. The zero-order chi connectivity index (χ0) is 13.3. The smallest absolute Gasteiger partial charge is 0.193 e. The number of halogens is 3. The fraction of sp³-hybridized carbons (Fsp3) is 0. The first-order chi connectivity index (χ1) is 8.47. The number of benzene rings is 2. The molecule has 0 unspecified atom stereocenters. The van der Waals surface area contributed by atoms with E-state index in [0.717, 1.165) is 0 Å². The Kier molecular flexibility index (Phi) is 3.81. The van der Waals surface area contributed by atoms with Crippen LogP contribution in [0.1, 0.15) is 15.9 Å². The van der Waals surface area contributed by atoms with E-state index in [-0.39, 0.29) is 5.78 Å². The van der Waals surface area contributed by atoms with Crippen LogP contribution >= 0.6 is 34.8 Å². The van der Waals surface area contributed by atoms with Gasteiger partial charge in [0.1, 0.15) is 0 Å². The minimum Gasteiger partial charge on any atom is -0.399 e. The molecule has 0 aliphatic heterocycles. The van der Waals surface area contributed by atoms with Crippen LogP contribution in [0, 0.1) is 0 Å². The summed E-state index contributed by atoms with van der Waals surface area (Å²) >= 11 is 17.5. The summed E-state index contributed by atoms with van der Waals surface area (Å²) < 4.78 is 0. The molecule has 0 heterocycles. The summed E-state index contributed by atoms with van der Waals surface area (Å²) in [6, 6.07) is 9.40. The first kappa shape index (κ1) is 13.2. The Morgan fingerprint density at radius 2 is 1.61 bits per heavy atom. The molecule has 92 valence electrons. The largest absolute Gasteiger partial charge is 0.399 e. The quantitative estimate of drug-likeness (QED) is 0.657. The second-order valence-electron chi connectivity index (χ2n) is 3.73. The zero-order valence-corrected chi connectivity index (χ0v) is 11.4. The predicted octanol–water partition coefficient (Wildman–Crippen LogP) is 4.46. The monoisotopic (exact) mass is 299 g/mol. The molecule has 0 aromatic heterocycles. The van der Waals surface area contributed by atoms with E-state index >= 15 is 0 Å². The minimum absolute atomic E-state index is 0.206. The van der Waals surface area contributed by atoms with Crippen LogP contribution in [0.3, 0.4) is 0 Å². The average Bonchev–Trinajstić information content (AvgIpc) is 2.30. The van der Waals surface area contributed by atoms with Gasteiger partial charge in [-0.3, -0.25) is 4.79 Å². The molecule has 0 amide bonds. The van der Waals surface area contributed by atoms with Gasteiger partial charge in [0, 0.05) is 21.8 Å². The average molecular weight is 301 g/mol. The number of nitrogen functional groups attached to an aromatic ring is 1. The first-order valence-corrected chi connectivity index (χ1v) is 6.16. The maximum Gasteiger partial charge on any atom is 0.193 e. The van der Waals surface area contributed by atoms with Gasteiger partial charge in [0.05, 0.1) is 10.0 Å². The van der Waals surface area contributed by atoms with E-state index in [0.29, 0.717) is 31.9 Å². The summed E-state index contributed by atoms with van der Waals surface area (Å²) in [6.45, 7) is 0. The van der Waals surface area contributed by atoms with E-state index < -0.39 is 0 Å². The van der Waals surface area contributed by atoms with E-state index in [2.05, 4.69) is 0 Å². The molecule has 0 saturated heterocycles. The fourth-order valence-corrected chi connectivity index (χ4v) is 2.09. The molecule has 18 heavy (non-hydrogen) atoms. The van der Waals surface area contributed by atoms with Crippen molar-refractivity contribution in [1.29, 1.82) is 0 Å². The summed E-state index contributed by atoms with van der Waals surface area (Å²) in [6.07, 6.45) is 0. The third-order valence-corrected chi connectivity index (χ3v) is 3.32. The van der Waals surface area contributed by atoms with Gasteiger partial charge >= 0.3 is 0 Å². The lowest BCUT2D eigenvalue weighted by atomic mass is 10.0. The van der Waals surface area contributed by atoms with Crippen molar-refractivity contribution in [1.82, 2.24) is 0 Å². The van der Waals surface area contributed by atoms with Crippen molar-refractivity contribution in [2.75, 3.05) is 5.73 Å². The molecular weight excluding hydrogens is 293 g/mol.